The Labute approximate surface area is 157 Å². The van der Waals surface area contributed by atoms with Gasteiger partial charge in [-0.25, -0.2) is 0 Å². The van der Waals surface area contributed by atoms with Crippen molar-refractivity contribution in [3.63, 3.8) is 0 Å². The number of nitrogens with zero attached hydrogens (tertiary/aromatic N) is 2. The molecular formula is C22H31N3O. The maximum Gasteiger partial charge on any atom is 0.146 e. The molecule has 2 rings (SSSR count). The zero-order valence-electron chi connectivity index (χ0n) is 16.2. The largest absolute Gasteiger partial charge is 0.492 e. The molecule has 0 saturated carbocycles. The van der Waals surface area contributed by atoms with Crippen LogP contribution in [0.2, 0.25) is 0 Å². The molecule has 4 nitrogen and oxygen atoms in total. The molecule has 0 aliphatic carbocycles. The Kier molecular flexibility index (Phi) is 8.29. The third-order valence-electron chi connectivity index (χ3n) is 4.36. The van der Waals surface area contributed by atoms with Gasteiger partial charge in [0.25, 0.3) is 0 Å². The van der Waals surface area contributed by atoms with E-state index in [2.05, 4.69) is 36.2 Å². The first kappa shape index (κ1) is 20.1. The molecule has 0 bridgehead atoms. The van der Waals surface area contributed by atoms with Crippen molar-refractivity contribution in [3.05, 3.63) is 53.6 Å². The number of ether oxygens (including phenoxy) is 1. The molecule has 0 aliphatic heterocycles. The van der Waals surface area contributed by atoms with Gasteiger partial charge in [-0.05, 0) is 55.5 Å². The third-order valence-corrected chi connectivity index (χ3v) is 4.36. The zero-order chi connectivity index (χ0) is 18.8. The van der Waals surface area contributed by atoms with E-state index in [0.717, 1.165) is 49.2 Å². The lowest BCUT2D eigenvalue weighted by Crippen LogP contribution is -2.10. The minimum atomic E-state index is 0.0880. The SMILES string of the molecule is CCCCc1cc(C(N)CCC)ccc1N=Nc1ccccc1OCC. The highest BCUT2D eigenvalue weighted by Crippen LogP contribution is 2.31. The number of unbranched alkanes of at least 4 members (excludes halogenated alkanes) is 1. The van der Waals surface area contributed by atoms with Crippen LogP contribution in [0.5, 0.6) is 5.75 Å². The van der Waals surface area contributed by atoms with Crippen LogP contribution < -0.4 is 10.5 Å². The molecule has 4 heteroatoms. The van der Waals surface area contributed by atoms with E-state index < -0.39 is 0 Å². The molecule has 0 spiro atoms. The highest BCUT2D eigenvalue weighted by Gasteiger charge is 2.09. The molecule has 1 unspecified atom stereocenters. The topological polar surface area (TPSA) is 60.0 Å². The Morgan fingerprint density at radius 2 is 1.73 bits per heavy atom. The zero-order valence-corrected chi connectivity index (χ0v) is 16.2. The Morgan fingerprint density at radius 3 is 2.46 bits per heavy atom. The van der Waals surface area contributed by atoms with Gasteiger partial charge in [-0.2, -0.15) is 5.11 Å². The maximum atomic E-state index is 6.30. The van der Waals surface area contributed by atoms with Gasteiger partial charge in [-0.15, -0.1) is 5.11 Å². The fraction of sp³-hybridized carbons (Fsp3) is 0.455. The van der Waals surface area contributed by atoms with Crippen molar-refractivity contribution in [1.29, 1.82) is 0 Å². The van der Waals surface area contributed by atoms with Crippen molar-refractivity contribution in [2.45, 2.75) is 58.9 Å². The van der Waals surface area contributed by atoms with E-state index >= 15 is 0 Å². The number of hydrogen-bond donors (Lipinski definition) is 1. The van der Waals surface area contributed by atoms with Crippen LogP contribution in [-0.2, 0) is 6.42 Å². The number of benzene rings is 2. The number of aryl methyl sites for hydroxylation is 1. The van der Waals surface area contributed by atoms with Crippen molar-refractivity contribution < 1.29 is 4.74 Å². The molecule has 0 amide bonds. The number of rotatable bonds is 10. The summed E-state index contributed by atoms with van der Waals surface area (Å²) in [7, 11) is 0. The van der Waals surface area contributed by atoms with E-state index in [9.17, 15) is 0 Å². The average molecular weight is 354 g/mol. The number of para-hydroxylation sites is 1. The van der Waals surface area contributed by atoms with Crippen molar-refractivity contribution in [1.82, 2.24) is 0 Å². The van der Waals surface area contributed by atoms with E-state index in [-0.39, 0.29) is 6.04 Å². The van der Waals surface area contributed by atoms with Crippen LogP contribution >= 0.6 is 0 Å². The second-order valence-corrected chi connectivity index (χ2v) is 6.49. The lowest BCUT2D eigenvalue weighted by atomic mass is 9.97. The summed E-state index contributed by atoms with van der Waals surface area (Å²) >= 11 is 0. The highest BCUT2D eigenvalue weighted by atomic mass is 16.5. The monoisotopic (exact) mass is 353 g/mol. The van der Waals surface area contributed by atoms with Crippen LogP contribution in [0, 0.1) is 0 Å². The molecule has 0 heterocycles. The molecule has 0 fully saturated rings. The molecule has 2 aromatic rings. The minimum absolute atomic E-state index is 0.0880. The van der Waals surface area contributed by atoms with E-state index in [1.54, 1.807) is 0 Å². The molecule has 0 saturated heterocycles. The van der Waals surface area contributed by atoms with Crippen LogP contribution in [0.4, 0.5) is 11.4 Å². The first-order valence-electron chi connectivity index (χ1n) is 9.71. The van der Waals surface area contributed by atoms with Gasteiger partial charge in [0.1, 0.15) is 11.4 Å². The fourth-order valence-electron chi connectivity index (χ4n) is 2.90. The summed E-state index contributed by atoms with van der Waals surface area (Å²) in [5, 5.41) is 8.97. The summed E-state index contributed by atoms with van der Waals surface area (Å²) in [5.41, 5.74) is 10.4. The molecule has 0 aliphatic rings. The summed E-state index contributed by atoms with van der Waals surface area (Å²) in [6, 6.07) is 14.2. The van der Waals surface area contributed by atoms with Crippen LogP contribution in [0.25, 0.3) is 0 Å². The van der Waals surface area contributed by atoms with E-state index in [0.29, 0.717) is 6.61 Å². The molecular weight excluding hydrogens is 322 g/mol. The van der Waals surface area contributed by atoms with Gasteiger partial charge in [-0.3, -0.25) is 0 Å². The normalized spacial score (nSPS) is 12.5. The van der Waals surface area contributed by atoms with Crippen molar-refractivity contribution in [2.24, 2.45) is 16.0 Å². The predicted molar refractivity (Wildman–Crippen MR) is 109 cm³/mol. The van der Waals surface area contributed by atoms with Gasteiger partial charge >= 0.3 is 0 Å². The standard InChI is InChI=1S/C22H31N3O/c1-4-7-11-18-16-17(19(23)10-5-2)14-15-20(18)24-25-21-12-8-9-13-22(21)26-6-3/h8-9,12-16,19H,4-7,10-11,23H2,1-3H3. The smallest absolute Gasteiger partial charge is 0.146 e. The third kappa shape index (κ3) is 5.67. The number of hydrogen-bond acceptors (Lipinski definition) is 4. The minimum Gasteiger partial charge on any atom is -0.492 e. The average Bonchev–Trinajstić information content (AvgIpc) is 2.66. The van der Waals surface area contributed by atoms with E-state index in [1.165, 1.54) is 11.1 Å². The van der Waals surface area contributed by atoms with Gasteiger partial charge < -0.3 is 10.5 Å². The number of azo groups is 1. The fourth-order valence-corrected chi connectivity index (χ4v) is 2.90. The molecule has 1 atom stereocenters. The molecule has 0 aromatic heterocycles. The Hall–Kier alpha value is -2.20. The summed E-state index contributed by atoms with van der Waals surface area (Å²) in [6.45, 7) is 6.94. The molecule has 26 heavy (non-hydrogen) atoms. The molecule has 0 radical (unpaired) electrons. The van der Waals surface area contributed by atoms with Crippen molar-refractivity contribution in [3.8, 4) is 5.75 Å². The van der Waals surface area contributed by atoms with Crippen LogP contribution in [-0.4, -0.2) is 6.61 Å². The van der Waals surface area contributed by atoms with Crippen molar-refractivity contribution >= 4 is 11.4 Å². The van der Waals surface area contributed by atoms with E-state index in [4.69, 9.17) is 10.5 Å². The van der Waals surface area contributed by atoms with Crippen molar-refractivity contribution in [2.75, 3.05) is 6.61 Å². The lowest BCUT2D eigenvalue weighted by Gasteiger charge is -2.14. The second-order valence-electron chi connectivity index (χ2n) is 6.49. The van der Waals surface area contributed by atoms with Gasteiger partial charge in [0, 0.05) is 6.04 Å². The van der Waals surface area contributed by atoms with Crippen LogP contribution in [0.15, 0.2) is 52.7 Å². The van der Waals surface area contributed by atoms with Gasteiger partial charge in [-0.1, -0.05) is 51.0 Å². The Bertz CT molecular complexity index is 712. The summed E-state index contributed by atoms with van der Waals surface area (Å²) in [5.74, 6) is 0.760. The molecule has 2 aromatic carbocycles. The highest BCUT2D eigenvalue weighted by molar-refractivity contribution is 5.53. The van der Waals surface area contributed by atoms with Gasteiger partial charge in [0.05, 0.1) is 12.3 Å². The summed E-state index contributed by atoms with van der Waals surface area (Å²) in [4.78, 5) is 0. The van der Waals surface area contributed by atoms with Crippen LogP contribution in [0.1, 0.15) is 63.6 Å². The maximum absolute atomic E-state index is 6.30. The second kappa shape index (κ2) is 10.7. The predicted octanol–water partition coefficient (Wildman–Crippen LogP) is 6.64. The first-order chi connectivity index (χ1) is 12.7. The summed E-state index contributed by atoms with van der Waals surface area (Å²) in [6.07, 6.45) is 5.35. The lowest BCUT2D eigenvalue weighted by molar-refractivity contribution is 0.341. The first-order valence-corrected chi connectivity index (χ1v) is 9.71. The quantitative estimate of drug-likeness (QED) is 0.486. The van der Waals surface area contributed by atoms with Gasteiger partial charge in [0.2, 0.25) is 0 Å². The molecule has 140 valence electrons. The van der Waals surface area contributed by atoms with Gasteiger partial charge in [0.15, 0.2) is 0 Å². The number of nitrogens with two attached hydrogens (primary N) is 1. The van der Waals surface area contributed by atoms with Crippen LogP contribution in [0.3, 0.4) is 0 Å². The Morgan fingerprint density at radius 1 is 0.962 bits per heavy atom. The summed E-state index contributed by atoms with van der Waals surface area (Å²) < 4.78 is 5.63. The Balaban J connectivity index is 2.29. The van der Waals surface area contributed by atoms with E-state index in [1.807, 2.05) is 37.3 Å². The molecule has 2 N–H and O–H groups in total.